The van der Waals surface area contributed by atoms with E-state index in [1.54, 1.807) is 0 Å². The molecule has 0 spiro atoms. The van der Waals surface area contributed by atoms with E-state index in [2.05, 4.69) is 20.6 Å². The zero-order valence-electron chi connectivity index (χ0n) is 14.2. The first-order chi connectivity index (χ1) is 13.3. The zero-order valence-corrected chi connectivity index (χ0v) is 14.2. The Morgan fingerprint density at radius 1 is 0.714 bits per heavy atom. The summed E-state index contributed by atoms with van der Waals surface area (Å²) in [6.07, 6.45) is 0.902. The number of hydrogen-bond acceptors (Lipinski definition) is 4. The van der Waals surface area contributed by atoms with E-state index < -0.39 is 23.6 Å². The van der Waals surface area contributed by atoms with Crippen LogP contribution in [-0.4, -0.2) is 21.8 Å². The summed E-state index contributed by atoms with van der Waals surface area (Å²) in [5.74, 6) is -1.21. The van der Waals surface area contributed by atoms with Crippen LogP contribution in [0.3, 0.4) is 0 Å². The summed E-state index contributed by atoms with van der Waals surface area (Å²) < 4.78 is 39.7. The van der Waals surface area contributed by atoms with Crippen molar-refractivity contribution in [1.29, 1.82) is 0 Å². The molecular weight excluding hydrogens is 373 g/mol. The molecule has 1 aromatic carbocycles. The number of halogens is 3. The molecule has 142 valence electrons. The Morgan fingerprint density at radius 3 is 1.46 bits per heavy atom. The number of nitrogens with zero attached hydrogens (tertiary/aromatic N) is 2. The molecule has 0 aliphatic rings. The highest BCUT2D eigenvalue weighted by Gasteiger charge is 2.31. The zero-order chi connectivity index (χ0) is 20.1. The van der Waals surface area contributed by atoms with E-state index in [1.165, 1.54) is 55.1 Å². The molecule has 3 aromatic rings. The summed E-state index contributed by atoms with van der Waals surface area (Å²) in [6.45, 7) is 0. The van der Waals surface area contributed by atoms with Crippen LogP contribution in [0.4, 0.5) is 24.5 Å². The van der Waals surface area contributed by atoms with Crippen molar-refractivity contribution in [3.8, 4) is 0 Å². The fraction of sp³-hybridized carbons (Fsp3) is 0.0526. The number of nitrogens with one attached hydrogen (secondary N) is 2. The van der Waals surface area contributed by atoms with Crippen LogP contribution in [0.2, 0.25) is 0 Å². The predicted octanol–water partition coefficient (Wildman–Crippen LogP) is 4.00. The number of carbonyl (C=O) groups is 2. The Labute approximate surface area is 157 Å². The van der Waals surface area contributed by atoms with Gasteiger partial charge in [0, 0.05) is 47.3 Å². The minimum atomic E-state index is -4.66. The van der Waals surface area contributed by atoms with Crippen molar-refractivity contribution < 1.29 is 22.8 Å². The molecule has 2 amide bonds. The third-order valence-corrected chi connectivity index (χ3v) is 3.66. The topological polar surface area (TPSA) is 84.0 Å². The van der Waals surface area contributed by atoms with Crippen LogP contribution in [0, 0.1) is 0 Å². The molecule has 0 fully saturated rings. The number of benzene rings is 1. The molecule has 0 aliphatic heterocycles. The van der Waals surface area contributed by atoms with E-state index >= 15 is 0 Å². The van der Waals surface area contributed by atoms with Crippen molar-refractivity contribution in [2.45, 2.75) is 6.18 Å². The first-order valence-electron chi connectivity index (χ1n) is 7.98. The van der Waals surface area contributed by atoms with Gasteiger partial charge in [-0.05, 0) is 42.5 Å². The maximum Gasteiger partial charge on any atom is 0.416 e. The minimum absolute atomic E-state index is 0.110. The van der Waals surface area contributed by atoms with E-state index in [0.717, 1.165) is 12.1 Å². The number of aromatic nitrogens is 2. The first-order valence-corrected chi connectivity index (χ1v) is 7.98. The standard InChI is InChI=1S/C19H13F3N4O2/c20-19(21,22)14-9-15(25-17(27)12-1-5-23-6-2-12)11-16(10-14)26-18(28)13-3-7-24-8-4-13/h1-11H,(H,25,27)(H,26,28). The molecule has 2 N–H and O–H groups in total. The minimum Gasteiger partial charge on any atom is -0.322 e. The number of alkyl halides is 3. The quantitative estimate of drug-likeness (QED) is 0.710. The van der Waals surface area contributed by atoms with Crippen LogP contribution < -0.4 is 10.6 Å². The van der Waals surface area contributed by atoms with E-state index in [9.17, 15) is 22.8 Å². The number of carbonyl (C=O) groups excluding carboxylic acids is 2. The van der Waals surface area contributed by atoms with Crippen LogP contribution in [0.25, 0.3) is 0 Å². The molecule has 0 aliphatic carbocycles. The van der Waals surface area contributed by atoms with Gasteiger partial charge in [0.25, 0.3) is 11.8 Å². The second-order valence-electron chi connectivity index (χ2n) is 5.68. The van der Waals surface area contributed by atoms with Gasteiger partial charge in [0.15, 0.2) is 0 Å². The second-order valence-corrected chi connectivity index (χ2v) is 5.68. The number of rotatable bonds is 4. The summed E-state index contributed by atoms with van der Waals surface area (Å²) >= 11 is 0. The molecule has 28 heavy (non-hydrogen) atoms. The Morgan fingerprint density at radius 2 is 1.11 bits per heavy atom. The monoisotopic (exact) mass is 386 g/mol. The van der Waals surface area contributed by atoms with E-state index in [1.807, 2.05) is 0 Å². The molecular formula is C19H13F3N4O2. The maximum absolute atomic E-state index is 13.2. The number of pyridine rings is 2. The van der Waals surface area contributed by atoms with Crippen LogP contribution in [0.1, 0.15) is 26.3 Å². The smallest absolute Gasteiger partial charge is 0.322 e. The molecule has 2 heterocycles. The van der Waals surface area contributed by atoms with Gasteiger partial charge in [0.2, 0.25) is 0 Å². The molecule has 0 saturated carbocycles. The lowest BCUT2D eigenvalue weighted by molar-refractivity contribution is -0.137. The van der Waals surface area contributed by atoms with Gasteiger partial charge in [-0.1, -0.05) is 0 Å². The lowest BCUT2D eigenvalue weighted by Crippen LogP contribution is -2.16. The SMILES string of the molecule is O=C(Nc1cc(NC(=O)c2ccncc2)cc(C(F)(F)F)c1)c1ccncc1. The summed E-state index contributed by atoms with van der Waals surface area (Å²) in [7, 11) is 0. The molecule has 2 aromatic heterocycles. The third kappa shape index (κ3) is 4.70. The van der Waals surface area contributed by atoms with Gasteiger partial charge in [-0.25, -0.2) is 0 Å². The lowest BCUT2D eigenvalue weighted by Gasteiger charge is -2.14. The van der Waals surface area contributed by atoms with Crippen molar-refractivity contribution in [3.05, 3.63) is 83.9 Å². The Balaban J connectivity index is 1.89. The van der Waals surface area contributed by atoms with Crippen LogP contribution in [0.5, 0.6) is 0 Å². The van der Waals surface area contributed by atoms with Gasteiger partial charge in [0.1, 0.15) is 0 Å². The highest BCUT2D eigenvalue weighted by atomic mass is 19.4. The molecule has 6 nitrogen and oxygen atoms in total. The van der Waals surface area contributed by atoms with Crippen LogP contribution >= 0.6 is 0 Å². The Kier molecular flexibility index (Phi) is 5.35. The maximum atomic E-state index is 13.2. The summed E-state index contributed by atoms with van der Waals surface area (Å²) in [6, 6.07) is 8.53. The van der Waals surface area contributed by atoms with Gasteiger partial charge >= 0.3 is 6.18 Å². The van der Waals surface area contributed by atoms with Gasteiger partial charge in [-0.15, -0.1) is 0 Å². The molecule has 3 rings (SSSR count). The van der Waals surface area contributed by atoms with Gasteiger partial charge in [-0.3, -0.25) is 19.6 Å². The van der Waals surface area contributed by atoms with Gasteiger partial charge in [-0.2, -0.15) is 13.2 Å². The van der Waals surface area contributed by atoms with Crippen LogP contribution in [-0.2, 0) is 6.18 Å². The summed E-state index contributed by atoms with van der Waals surface area (Å²) in [5, 5.41) is 4.79. The van der Waals surface area contributed by atoms with Crippen molar-refractivity contribution in [2.24, 2.45) is 0 Å². The van der Waals surface area contributed by atoms with Crippen molar-refractivity contribution >= 4 is 23.2 Å². The van der Waals surface area contributed by atoms with E-state index in [0.29, 0.717) is 0 Å². The predicted molar refractivity (Wildman–Crippen MR) is 95.8 cm³/mol. The van der Waals surface area contributed by atoms with Gasteiger partial charge < -0.3 is 10.6 Å². The molecule has 0 radical (unpaired) electrons. The second kappa shape index (κ2) is 7.87. The highest BCUT2D eigenvalue weighted by molar-refractivity contribution is 6.06. The fourth-order valence-corrected chi connectivity index (χ4v) is 2.35. The third-order valence-electron chi connectivity index (χ3n) is 3.66. The van der Waals surface area contributed by atoms with Gasteiger partial charge in [0.05, 0.1) is 5.56 Å². The summed E-state index contributed by atoms with van der Waals surface area (Å²) in [4.78, 5) is 32.0. The average molecular weight is 386 g/mol. The number of amides is 2. The van der Waals surface area contributed by atoms with Crippen molar-refractivity contribution in [1.82, 2.24) is 9.97 Å². The van der Waals surface area contributed by atoms with E-state index in [4.69, 9.17) is 0 Å². The molecule has 0 bridgehead atoms. The Bertz CT molecular complexity index is 921. The molecule has 0 atom stereocenters. The van der Waals surface area contributed by atoms with Crippen molar-refractivity contribution in [3.63, 3.8) is 0 Å². The number of hydrogen-bond donors (Lipinski definition) is 2. The van der Waals surface area contributed by atoms with Crippen LogP contribution in [0.15, 0.2) is 67.3 Å². The lowest BCUT2D eigenvalue weighted by atomic mass is 10.1. The first kappa shape index (κ1) is 19.0. The Hall–Kier alpha value is -3.75. The average Bonchev–Trinajstić information content (AvgIpc) is 2.68. The number of anilines is 2. The van der Waals surface area contributed by atoms with Crippen molar-refractivity contribution in [2.75, 3.05) is 10.6 Å². The van der Waals surface area contributed by atoms with E-state index in [-0.39, 0.29) is 22.5 Å². The normalized spacial score (nSPS) is 11.0. The largest absolute Gasteiger partial charge is 0.416 e. The molecule has 9 heteroatoms. The molecule has 0 saturated heterocycles. The highest BCUT2D eigenvalue weighted by Crippen LogP contribution is 2.33. The fourth-order valence-electron chi connectivity index (χ4n) is 2.35. The summed E-state index contributed by atoms with van der Waals surface area (Å²) in [5.41, 5.74) is -0.766. The molecule has 0 unspecified atom stereocenters.